The summed E-state index contributed by atoms with van der Waals surface area (Å²) < 4.78 is 29.6. The van der Waals surface area contributed by atoms with Gasteiger partial charge in [-0.2, -0.15) is 4.31 Å². The zero-order valence-electron chi connectivity index (χ0n) is 20.2. The molecule has 2 aliphatic rings. The molecule has 190 valence electrons. The lowest BCUT2D eigenvalue weighted by atomic mass is 10.0. The van der Waals surface area contributed by atoms with Crippen molar-refractivity contribution in [2.45, 2.75) is 45.1 Å². The quantitative estimate of drug-likeness (QED) is 0.349. The van der Waals surface area contributed by atoms with Crippen LogP contribution in [0.3, 0.4) is 0 Å². The number of furan rings is 1. The van der Waals surface area contributed by atoms with Gasteiger partial charge in [-0.1, -0.05) is 29.8 Å². The lowest BCUT2D eigenvalue weighted by Crippen LogP contribution is -2.28. The molecule has 3 N–H and O–H groups in total. The highest BCUT2D eigenvalue weighted by atomic mass is 32.2. The Labute approximate surface area is 211 Å². The van der Waals surface area contributed by atoms with Crippen molar-refractivity contribution < 1.29 is 27.9 Å². The fraction of sp³-hybridized carbons (Fsp3) is 0.423. The van der Waals surface area contributed by atoms with Crippen LogP contribution in [0.2, 0.25) is 0 Å². The van der Waals surface area contributed by atoms with E-state index in [0.717, 1.165) is 29.5 Å². The molecule has 0 spiro atoms. The second kappa shape index (κ2) is 9.76. The first-order valence-electron chi connectivity index (χ1n) is 12.1. The van der Waals surface area contributed by atoms with Crippen molar-refractivity contribution in [3.05, 3.63) is 52.7 Å². The fourth-order valence-corrected chi connectivity index (χ4v) is 5.26. The first kappa shape index (κ1) is 24.6. The Hall–Kier alpha value is -3.08. The smallest absolute Gasteiger partial charge is 0.306 e. The molecule has 1 amide bonds. The van der Waals surface area contributed by atoms with Gasteiger partial charge in [0.15, 0.2) is 0 Å². The molecule has 2 fully saturated rings. The number of aromatic nitrogens is 1. The zero-order valence-corrected chi connectivity index (χ0v) is 21.0. The van der Waals surface area contributed by atoms with Gasteiger partial charge in [0.2, 0.25) is 17.0 Å². The Bertz CT molecular complexity index is 1350. The van der Waals surface area contributed by atoms with Crippen molar-refractivity contribution >= 4 is 34.2 Å². The SMILES string of the molecule is CNC(=O)c1c(-c2ccc(C)cc2)oc2nc(CN(CC[C@H]3C[C@@H]3C(=O)O)S(=O)O)c(C3CC3)cc12. The number of pyridine rings is 1. The van der Waals surface area contributed by atoms with Gasteiger partial charge in [-0.05, 0) is 56.1 Å². The van der Waals surface area contributed by atoms with Gasteiger partial charge in [-0.3, -0.25) is 14.1 Å². The van der Waals surface area contributed by atoms with Gasteiger partial charge in [-0.25, -0.2) is 9.19 Å². The summed E-state index contributed by atoms with van der Waals surface area (Å²) >= 11 is -2.24. The Morgan fingerprint density at radius 1 is 1.25 bits per heavy atom. The van der Waals surface area contributed by atoms with E-state index in [2.05, 4.69) is 5.32 Å². The van der Waals surface area contributed by atoms with Crippen LogP contribution in [0.1, 0.15) is 58.8 Å². The van der Waals surface area contributed by atoms with Gasteiger partial charge >= 0.3 is 5.97 Å². The second-order valence-corrected chi connectivity index (χ2v) is 10.7. The van der Waals surface area contributed by atoms with Crippen molar-refractivity contribution in [3.8, 4) is 11.3 Å². The molecule has 1 unspecified atom stereocenters. The molecule has 10 heteroatoms. The highest BCUT2D eigenvalue weighted by Gasteiger charge is 2.43. The molecule has 1 aromatic carbocycles. The number of aliphatic carboxylic acids is 1. The zero-order chi connectivity index (χ0) is 25.6. The molecule has 2 aromatic heterocycles. The fourth-order valence-electron chi connectivity index (χ4n) is 4.77. The predicted octanol–water partition coefficient (Wildman–Crippen LogP) is 4.09. The molecule has 5 rings (SSSR count). The van der Waals surface area contributed by atoms with E-state index in [1.54, 1.807) is 7.05 Å². The summed E-state index contributed by atoms with van der Waals surface area (Å²) in [6.45, 7) is 2.41. The van der Waals surface area contributed by atoms with E-state index in [1.165, 1.54) is 4.31 Å². The minimum atomic E-state index is -2.24. The van der Waals surface area contributed by atoms with Crippen LogP contribution in [-0.4, -0.2) is 48.6 Å². The Morgan fingerprint density at radius 3 is 2.56 bits per heavy atom. The van der Waals surface area contributed by atoms with Crippen LogP contribution in [-0.2, 0) is 22.6 Å². The first-order valence-corrected chi connectivity index (χ1v) is 13.2. The standard InChI is InChI=1S/C26H29N3O6S/c1-14-3-5-16(6-4-14)23-22(24(30)27-2)20-12-18(15-7-8-15)21(28-25(20)35-23)13-29(36(33)34)10-9-17-11-19(17)26(31)32/h3-6,12,15,17,19H,7-11,13H2,1-2H3,(H,27,30)(H,31,32)(H,33,34)/t17-,19-/m0/s1. The maximum atomic E-state index is 12.9. The summed E-state index contributed by atoms with van der Waals surface area (Å²) in [6, 6.07) is 9.66. The number of fused-ring (bicyclic) bond motifs is 1. The molecule has 3 atom stereocenters. The second-order valence-electron chi connectivity index (χ2n) is 9.73. The molecular weight excluding hydrogens is 482 g/mol. The maximum absolute atomic E-state index is 12.9. The van der Waals surface area contributed by atoms with Gasteiger partial charge in [0.25, 0.3) is 5.91 Å². The van der Waals surface area contributed by atoms with E-state index in [1.807, 2.05) is 37.3 Å². The lowest BCUT2D eigenvalue weighted by Gasteiger charge is -2.19. The Morgan fingerprint density at radius 2 is 1.97 bits per heavy atom. The van der Waals surface area contributed by atoms with Crippen molar-refractivity contribution in [3.63, 3.8) is 0 Å². The number of nitrogens with zero attached hydrogens (tertiary/aromatic N) is 2. The lowest BCUT2D eigenvalue weighted by molar-refractivity contribution is -0.138. The summed E-state index contributed by atoms with van der Waals surface area (Å²) in [7, 11) is 1.58. The van der Waals surface area contributed by atoms with Gasteiger partial charge in [0.05, 0.1) is 29.1 Å². The number of benzene rings is 1. The monoisotopic (exact) mass is 511 g/mol. The molecule has 2 heterocycles. The average molecular weight is 512 g/mol. The van der Waals surface area contributed by atoms with Crippen LogP contribution < -0.4 is 5.32 Å². The summed E-state index contributed by atoms with van der Waals surface area (Å²) in [6.07, 6.45) is 3.12. The summed E-state index contributed by atoms with van der Waals surface area (Å²) in [5.74, 6) is -0.691. The number of hydrogen-bond acceptors (Lipinski definition) is 5. The number of carbonyl (C=O) groups excluding carboxylic acids is 1. The third-order valence-electron chi connectivity index (χ3n) is 7.12. The first-order chi connectivity index (χ1) is 17.3. The average Bonchev–Trinajstić information content (AvgIpc) is 3.77. The number of amides is 1. The number of aryl methyl sites for hydroxylation is 1. The molecule has 0 saturated heterocycles. The van der Waals surface area contributed by atoms with Crippen LogP contribution in [0.4, 0.5) is 0 Å². The molecule has 2 saturated carbocycles. The highest BCUT2D eigenvalue weighted by Crippen LogP contribution is 2.45. The highest BCUT2D eigenvalue weighted by molar-refractivity contribution is 7.76. The predicted molar refractivity (Wildman–Crippen MR) is 135 cm³/mol. The number of nitrogens with one attached hydrogen (secondary N) is 1. The third-order valence-corrected chi connectivity index (χ3v) is 7.87. The third kappa shape index (κ3) is 4.93. The van der Waals surface area contributed by atoms with Crippen molar-refractivity contribution in [1.82, 2.24) is 14.6 Å². The van der Waals surface area contributed by atoms with Gasteiger partial charge in [-0.15, -0.1) is 0 Å². The molecule has 2 aliphatic carbocycles. The molecule has 3 aromatic rings. The molecule has 0 radical (unpaired) electrons. The maximum Gasteiger partial charge on any atom is 0.306 e. The van der Waals surface area contributed by atoms with Crippen LogP contribution in [0.5, 0.6) is 0 Å². The summed E-state index contributed by atoms with van der Waals surface area (Å²) in [4.78, 5) is 28.8. The van der Waals surface area contributed by atoms with Crippen molar-refractivity contribution in [2.75, 3.05) is 13.6 Å². The van der Waals surface area contributed by atoms with Crippen molar-refractivity contribution in [1.29, 1.82) is 0 Å². The molecular formula is C26H29N3O6S. The van der Waals surface area contributed by atoms with E-state index < -0.39 is 17.2 Å². The molecule has 0 aliphatic heterocycles. The van der Waals surface area contributed by atoms with Crippen LogP contribution in [0, 0.1) is 18.8 Å². The normalized spacial score (nSPS) is 20.0. The molecule has 0 bridgehead atoms. The Balaban J connectivity index is 1.51. The number of carboxylic acid groups (broad SMARTS) is 1. The van der Waals surface area contributed by atoms with Gasteiger partial charge < -0.3 is 14.8 Å². The van der Waals surface area contributed by atoms with E-state index in [9.17, 15) is 18.4 Å². The van der Waals surface area contributed by atoms with Gasteiger partial charge in [0, 0.05) is 19.2 Å². The minimum Gasteiger partial charge on any atom is -0.481 e. The van der Waals surface area contributed by atoms with Crippen molar-refractivity contribution in [2.24, 2.45) is 11.8 Å². The largest absolute Gasteiger partial charge is 0.481 e. The van der Waals surface area contributed by atoms with Crippen LogP contribution >= 0.6 is 0 Å². The van der Waals surface area contributed by atoms with Crippen LogP contribution in [0.15, 0.2) is 34.7 Å². The number of carboxylic acids is 1. The molecule has 36 heavy (non-hydrogen) atoms. The van der Waals surface area contributed by atoms with E-state index in [4.69, 9.17) is 14.5 Å². The van der Waals surface area contributed by atoms with E-state index in [-0.39, 0.29) is 36.8 Å². The number of hydrogen-bond donors (Lipinski definition) is 3. The van der Waals surface area contributed by atoms with Crippen LogP contribution in [0.25, 0.3) is 22.4 Å². The topological polar surface area (TPSA) is 133 Å². The summed E-state index contributed by atoms with van der Waals surface area (Å²) in [5.41, 5.74) is 4.18. The van der Waals surface area contributed by atoms with Gasteiger partial charge in [0.1, 0.15) is 5.76 Å². The Kier molecular flexibility index (Phi) is 6.67. The van der Waals surface area contributed by atoms with E-state index >= 15 is 0 Å². The number of rotatable bonds is 10. The molecule has 9 nitrogen and oxygen atoms in total. The minimum absolute atomic E-state index is 0.0316. The summed E-state index contributed by atoms with van der Waals surface area (Å²) in [5, 5.41) is 12.5. The van der Waals surface area contributed by atoms with E-state index in [0.29, 0.717) is 41.0 Å². The number of carbonyl (C=O) groups is 2.